The van der Waals surface area contributed by atoms with Gasteiger partial charge in [0.1, 0.15) is 5.75 Å². The molecule has 0 saturated carbocycles. The Morgan fingerprint density at radius 1 is 0.821 bits per heavy atom. The molecule has 1 unspecified atom stereocenters. The van der Waals surface area contributed by atoms with E-state index in [-0.39, 0.29) is 17.7 Å². The number of rotatable bonds is 8. The second-order valence-electron chi connectivity index (χ2n) is 10.2. The van der Waals surface area contributed by atoms with Crippen LogP contribution in [0.3, 0.4) is 0 Å². The van der Waals surface area contributed by atoms with Gasteiger partial charge in [0.25, 0.3) is 5.91 Å². The molecule has 5 rings (SSSR count). The first-order chi connectivity index (χ1) is 19.1. The van der Waals surface area contributed by atoms with Crippen molar-refractivity contribution in [3.05, 3.63) is 83.9 Å². The summed E-state index contributed by atoms with van der Waals surface area (Å²) in [6.45, 7) is 6.81. The number of para-hydroxylation sites is 2. The molecule has 1 atom stereocenters. The van der Waals surface area contributed by atoms with Crippen molar-refractivity contribution in [3.63, 3.8) is 0 Å². The van der Waals surface area contributed by atoms with Gasteiger partial charge < -0.3 is 24.8 Å². The number of hydrogen-bond acceptors (Lipinski definition) is 5. The molecule has 0 aliphatic carbocycles. The van der Waals surface area contributed by atoms with Crippen LogP contribution in [0.15, 0.2) is 72.8 Å². The van der Waals surface area contributed by atoms with Crippen molar-refractivity contribution in [1.82, 2.24) is 4.90 Å². The van der Waals surface area contributed by atoms with Crippen LogP contribution in [0.2, 0.25) is 0 Å². The molecular weight excluding hydrogens is 488 g/mol. The Hall–Kier alpha value is -4.00. The van der Waals surface area contributed by atoms with E-state index in [1.54, 1.807) is 7.11 Å². The largest absolute Gasteiger partial charge is 0.495 e. The summed E-state index contributed by atoms with van der Waals surface area (Å²) in [4.78, 5) is 33.5. The predicted octanol–water partition coefficient (Wildman–Crippen LogP) is 5.39. The fourth-order valence-electron chi connectivity index (χ4n) is 5.72. The number of amides is 2. The predicted molar refractivity (Wildman–Crippen MR) is 157 cm³/mol. The summed E-state index contributed by atoms with van der Waals surface area (Å²) in [5.41, 5.74) is 4.34. The van der Waals surface area contributed by atoms with Gasteiger partial charge in [-0.2, -0.15) is 0 Å². The van der Waals surface area contributed by atoms with Crippen molar-refractivity contribution in [3.8, 4) is 5.75 Å². The van der Waals surface area contributed by atoms with Gasteiger partial charge in [0.05, 0.1) is 24.3 Å². The Morgan fingerprint density at radius 2 is 1.46 bits per heavy atom. The lowest BCUT2D eigenvalue weighted by atomic mass is 9.95. The molecule has 204 valence electrons. The minimum absolute atomic E-state index is 0.0425. The average molecular weight is 527 g/mol. The van der Waals surface area contributed by atoms with Crippen molar-refractivity contribution < 1.29 is 14.3 Å². The second-order valence-corrected chi connectivity index (χ2v) is 10.2. The van der Waals surface area contributed by atoms with Crippen molar-refractivity contribution in [2.45, 2.75) is 32.1 Å². The number of anilines is 3. The van der Waals surface area contributed by atoms with Crippen LogP contribution in [0.4, 0.5) is 17.1 Å². The first kappa shape index (κ1) is 26.6. The van der Waals surface area contributed by atoms with Gasteiger partial charge >= 0.3 is 0 Å². The minimum Gasteiger partial charge on any atom is -0.495 e. The molecule has 2 aliphatic heterocycles. The lowest BCUT2D eigenvalue weighted by Gasteiger charge is -2.38. The van der Waals surface area contributed by atoms with Gasteiger partial charge in [-0.15, -0.1) is 0 Å². The third-order valence-corrected chi connectivity index (χ3v) is 7.86. The Labute approximate surface area is 231 Å². The molecule has 3 aromatic carbocycles. The number of ether oxygens (including phenoxy) is 1. The molecule has 2 fully saturated rings. The fraction of sp³-hybridized carbons (Fsp3) is 0.375. The van der Waals surface area contributed by atoms with Gasteiger partial charge in [-0.25, -0.2) is 0 Å². The van der Waals surface area contributed by atoms with Gasteiger partial charge in [-0.1, -0.05) is 49.4 Å². The highest BCUT2D eigenvalue weighted by Gasteiger charge is 2.27. The number of likely N-dealkylation sites (tertiary alicyclic amines) is 1. The van der Waals surface area contributed by atoms with Gasteiger partial charge in [0.2, 0.25) is 5.91 Å². The Kier molecular flexibility index (Phi) is 8.35. The number of nitrogens with one attached hydrogen (secondary N) is 1. The highest BCUT2D eigenvalue weighted by Crippen LogP contribution is 2.32. The van der Waals surface area contributed by atoms with Gasteiger partial charge in [0.15, 0.2) is 0 Å². The molecule has 2 amide bonds. The summed E-state index contributed by atoms with van der Waals surface area (Å²) in [5, 5.41) is 3.10. The summed E-state index contributed by atoms with van der Waals surface area (Å²) < 4.78 is 5.58. The zero-order valence-corrected chi connectivity index (χ0v) is 22.9. The standard InChI is InChI=1S/C32H38N4O3/c1-3-26(24-11-5-4-6-12-24)31(37)33-25-15-16-28(27(23-25)32(38)36-17-9-10-18-36)34-19-21-35(22-20-34)29-13-7-8-14-30(29)39-2/h4-8,11-16,23,26H,3,9-10,17-22H2,1-2H3,(H,33,37). The molecule has 0 aromatic heterocycles. The highest BCUT2D eigenvalue weighted by atomic mass is 16.5. The SMILES string of the molecule is CCC(C(=O)Nc1ccc(N2CCN(c3ccccc3OC)CC2)c(C(=O)N2CCCC2)c1)c1ccccc1. The molecule has 0 bridgehead atoms. The van der Waals surface area contributed by atoms with E-state index < -0.39 is 0 Å². The number of nitrogens with zero attached hydrogens (tertiary/aromatic N) is 3. The molecule has 0 spiro atoms. The van der Waals surface area contributed by atoms with Crippen molar-refractivity contribution in [1.29, 1.82) is 0 Å². The molecule has 2 aliphatic rings. The second kappa shape index (κ2) is 12.2. The van der Waals surface area contributed by atoms with E-state index in [2.05, 4.69) is 21.2 Å². The average Bonchev–Trinajstić information content (AvgIpc) is 3.53. The van der Waals surface area contributed by atoms with E-state index in [0.29, 0.717) is 17.7 Å². The lowest BCUT2D eigenvalue weighted by Crippen LogP contribution is -2.47. The first-order valence-corrected chi connectivity index (χ1v) is 14.0. The monoisotopic (exact) mass is 526 g/mol. The van der Waals surface area contributed by atoms with Crippen LogP contribution < -0.4 is 19.9 Å². The Balaban J connectivity index is 1.37. The number of piperazine rings is 1. The van der Waals surface area contributed by atoms with Crippen molar-refractivity contribution >= 4 is 28.9 Å². The van der Waals surface area contributed by atoms with Gasteiger partial charge in [-0.05, 0) is 55.2 Å². The summed E-state index contributed by atoms with van der Waals surface area (Å²) in [5.74, 6) is 0.616. The Bertz CT molecular complexity index is 1280. The molecule has 3 aromatic rings. The van der Waals surface area contributed by atoms with E-state index in [4.69, 9.17) is 4.74 Å². The van der Waals surface area contributed by atoms with Crippen LogP contribution in [0, 0.1) is 0 Å². The minimum atomic E-state index is -0.244. The maximum atomic E-state index is 13.7. The van der Waals surface area contributed by atoms with Crippen LogP contribution in [-0.4, -0.2) is 63.1 Å². The molecule has 39 heavy (non-hydrogen) atoms. The van der Waals surface area contributed by atoms with Gasteiger partial charge in [0, 0.05) is 50.6 Å². The van der Waals surface area contributed by atoms with E-state index in [9.17, 15) is 9.59 Å². The van der Waals surface area contributed by atoms with E-state index in [1.807, 2.05) is 78.6 Å². The van der Waals surface area contributed by atoms with Crippen LogP contribution >= 0.6 is 0 Å². The quantitative estimate of drug-likeness (QED) is 0.426. The normalized spacial score (nSPS) is 16.2. The zero-order valence-electron chi connectivity index (χ0n) is 22.9. The molecule has 2 heterocycles. The molecular formula is C32H38N4O3. The summed E-state index contributed by atoms with van der Waals surface area (Å²) in [6.07, 6.45) is 2.76. The van der Waals surface area contributed by atoms with E-state index >= 15 is 0 Å². The van der Waals surface area contributed by atoms with E-state index in [0.717, 1.165) is 74.8 Å². The van der Waals surface area contributed by atoms with E-state index in [1.165, 1.54) is 0 Å². The number of carbonyl (C=O) groups is 2. The molecule has 1 N–H and O–H groups in total. The molecule has 7 nitrogen and oxygen atoms in total. The third-order valence-electron chi connectivity index (χ3n) is 7.86. The molecule has 7 heteroatoms. The number of hydrogen-bond donors (Lipinski definition) is 1. The first-order valence-electron chi connectivity index (χ1n) is 14.0. The maximum Gasteiger partial charge on any atom is 0.256 e. The summed E-state index contributed by atoms with van der Waals surface area (Å²) >= 11 is 0. The van der Waals surface area contributed by atoms with Crippen molar-refractivity contribution in [2.75, 3.05) is 61.5 Å². The van der Waals surface area contributed by atoms with Crippen LogP contribution in [-0.2, 0) is 4.79 Å². The van der Waals surface area contributed by atoms with Crippen LogP contribution in [0.5, 0.6) is 5.75 Å². The maximum absolute atomic E-state index is 13.7. The van der Waals surface area contributed by atoms with Crippen LogP contribution in [0.1, 0.15) is 48.0 Å². The third kappa shape index (κ3) is 5.87. The lowest BCUT2D eigenvalue weighted by molar-refractivity contribution is -0.117. The number of benzene rings is 3. The zero-order chi connectivity index (χ0) is 27.2. The summed E-state index contributed by atoms with van der Waals surface area (Å²) in [6, 6.07) is 23.8. The van der Waals surface area contributed by atoms with Gasteiger partial charge in [-0.3, -0.25) is 9.59 Å². The summed E-state index contributed by atoms with van der Waals surface area (Å²) in [7, 11) is 1.70. The van der Waals surface area contributed by atoms with Crippen molar-refractivity contribution in [2.24, 2.45) is 0 Å². The van der Waals surface area contributed by atoms with Crippen LogP contribution in [0.25, 0.3) is 0 Å². The highest BCUT2D eigenvalue weighted by molar-refractivity contribution is 6.03. The molecule has 0 radical (unpaired) electrons. The fourth-order valence-corrected chi connectivity index (χ4v) is 5.72. The smallest absolute Gasteiger partial charge is 0.256 e. The number of carbonyl (C=O) groups excluding carboxylic acids is 2. The molecule has 2 saturated heterocycles. The Morgan fingerprint density at radius 3 is 2.13 bits per heavy atom. The number of methoxy groups -OCH3 is 1. The topological polar surface area (TPSA) is 65.1 Å².